The van der Waals surface area contributed by atoms with E-state index in [1.165, 1.54) is 5.57 Å². The average Bonchev–Trinajstić information content (AvgIpc) is 2.36. The molecule has 0 unspecified atom stereocenters. The molecule has 100 valence electrons. The first-order valence-corrected chi connectivity index (χ1v) is 6.36. The SMILES string of the molecule is COc1c(CC=C(C)C)c(=O)[nH]c2c(C)cccc12. The molecule has 0 aliphatic heterocycles. The molecule has 0 bridgehead atoms. The monoisotopic (exact) mass is 257 g/mol. The molecule has 3 nitrogen and oxygen atoms in total. The number of para-hydroxylation sites is 1. The third kappa shape index (κ3) is 2.55. The van der Waals surface area contributed by atoms with Gasteiger partial charge >= 0.3 is 0 Å². The lowest BCUT2D eigenvalue weighted by Gasteiger charge is -2.11. The summed E-state index contributed by atoms with van der Waals surface area (Å²) < 4.78 is 5.48. The minimum absolute atomic E-state index is 0.0730. The number of allylic oxidation sites excluding steroid dienone is 2. The van der Waals surface area contributed by atoms with Crippen LogP contribution in [0.15, 0.2) is 34.6 Å². The molecule has 0 aliphatic rings. The highest BCUT2D eigenvalue weighted by Crippen LogP contribution is 2.28. The zero-order chi connectivity index (χ0) is 14.0. The maximum absolute atomic E-state index is 12.2. The summed E-state index contributed by atoms with van der Waals surface area (Å²) in [7, 11) is 1.61. The molecular formula is C16H19NO2. The Morgan fingerprint density at radius 2 is 2.11 bits per heavy atom. The number of aromatic nitrogens is 1. The average molecular weight is 257 g/mol. The van der Waals surface area contributed by atoms with Crippen LogP contribution in [0.2, 0.25) is 0 Å². The van der Waals surface area contributed by atoms with Crippen LogP contribution in [0.4, 0.5) is 0 Å². The van der Waals surface area contributed by atoms with Crippen LogP contribution < -0.4 is 10.3 Å². The van der Waals surface area contributed by atoms with Gasteiger partial charge < -0.3 is 9.72 Å². The molecule has 2 rings (SSSR count). The molecule has 0 amide bonds. The maximum atomic E-state index is 12.2. The van der Waals surface area contributed by atoms with Gasteiger partial charge in [-0.2, -0.15) is 0 Å². The topological polar surface area (TPSA) is 42.1 Å². The second-order valence-corrected chi connectivity index (χ2v) is 4.95. The Hall–Kier alpha value is -2.03. The molecule has 1 aromatic heterocycles. The summed E-state index contributed by atoms with van der Waals surface area (Å²) in [5.74, 6) is 0.681. The number of fused-ring (bicyclic) bond motifs is 1. The van der Waals surface area contributed by atoms with E-state index in [4.69, 9.17) is 4.74 Å². The lowest BCUT2D eigenvalue weighted by atomic mass is 10.0. The number of hydrogen-bond donors (Lipinski definition) is 1. The van der Waals surface area contributed by atoms with E-state index in [0.717, 1.165) is 16.5 Å². The van der Waals surface area contributed by atoms with Crippen LogP contribution in [0.5, 0.6) is 5.75 Å². The highest BCUT2D eigenvalue weighted by Gasteiger charge is 2.13. The fraction of sp³-hybridized carbons (Fsp3) is 0.312. The Bertz CT molecular complexity index is 692. The summed E-state index contributed by atoms with van der Waals surface area (Å²) in [5, 5.41) is 0.958. The van der Waals surface area contributed by atoms with Crippen LogP contribution in [0.1, 0.15) is 25.0 Å². The molecule has 0 saturated heterocycles. The van der Waals surface area contributed by atoms with Gasteiger partial charge in [-0.1, -0.05) is 23.8 Å². The van der Waals surface area contributed by atoms with Crippen molar-refractivity contribution in [2.75, 3.05) is 7.11 Å². The van der Waals surface area contributed by atoms with Gasteiger partial charge in [0.1, 0.15) is 5.75 Å². The number of aryl methyl sites for hydroxylation is 1. The molecule has 3 heteroatoms. The molecule has 1 aromatic carbocycles. The van der Waals surface area contributed by atoms with Gasteiger partial charge in [-0.25, -0.2) is 0 Å². The van der Waals surface area contributed by atoms with Crippen molar-refractivity contribution in [3.8, 4) is 5.75 Å². The smallest absolute Gasteiger partial charge is 0.255 e. The lowest BCUT2D eigenvalue weighted by Crippen LogP contribution is -2.14. The van der Waals surface area contributed by atoms with Crippen LogP contribution in [-0.2, 0) is 6.42 Å². The Balaban J connectivity index is 2.74. The zero-order valence-corrected chi connectivity index (χ0v) is 11.8. The molecule has 2 aromatic rings. The number of nitrogens with one attached hydrogen (secondary N) is 1. The van der Waals surface area contributed by atoms with Gasteiger partial charge in [0.25, 0.3) is 5.56 Å². The molecule has 0 spiro atoms. The first kappa shape index (κ1) is 13.4. The van der Waals surface area contributed by atoms with Gasteiger partial charge in [0.05, 0.1) is 18.2 Å². The largest absolute Gasteiger partial charge is 0.496 e. The minimum Gasteiger partial charge on any atom is -0.496 e. The summed E-state index contributed by atoms with van der Waals surface area (Å²) in [5.41, 5.74) is 3.69. The number of benzene rings is 1. The van der Waals surface area contributed by atoms with E-state index < -0.39 is 0 Å². The maximum Gasteiger partial charge on any atom is 0.255 e. The second kappa shape index (κ2) is 5.31. The normalized spacial score (nSPS) is 10.5. The van der Waals surface area contributed by atoms with Crippen LogP contribution >= 0.6 is 0 Å². The highest BCUT2D eigenvalue weighted by atomic mass is 16.5. The van der Waals surface area contributed by atoms with Gasteiger partial charge in [-0.05, 0) is 38.8 Å². The molecule has 1 N–H and O–H groups in total. The summed E-state index contributed by atoms with van der Waals surface area (Å²) >= 11 is 0. The Kier molecular flexibility index (Phi) is 3.74. The van der Waals surface area contributed by atoms with E-state index in [-0.39, 0.29) is 5.56 Å². The quantitative estimate of drug-likeness (QED) is 0.857. The summed E-state index contributed by atoms with van der Waals surface area (Å²) in [6.07, 6.45) is 2.62. The molecule has 19 heavy (non-hydrogen) atoms. The van der Waals surface area contributed by atoms with Crippen molar-refractivity contribution in [3.05, 3.63) is 51.3 Å². The van der Waals surface area contributed by atoms with Crippen LogP contribution in [-0.4, -0.2) is 12.1 Å². The zero-order valence-electron chi connectivity index (χ0n) is 11.8. The summed E-state index contributed by atoms with van der Waals surface area (Å²) in [4.78, 5) is 15.2. The van der Waals surface area contributed by atoms with Gasteiger partial charge in [-0.3, -0.25) is 4.79 Å². The number of aromatic amines is 1. The first-order chi connectivity index (χ1) is 9.04. The Morgan fingerprint density at radius 1 is 1.37 bits per heavy atom. The van der Waals surface area contributed by atoms with Crippen molar-refractivity contribution in [2.45, 2.75) is 27.2 Å². The van der Waals surface area contributed by atoms with Gasteiger partial charge in [-0.15, -0.1) is 0 Å². The standard InChI is InChI=1S/C16H19NO2/c1-10(2)8-9-13-15(19-4)12-7-5-6-11(3)14(12)17-16(13)18/h5-8H,9H2,1-4H3,(H,17,18). The van der Waals surface area contributed by atoms with Crippen molar-refractivity contribution < 1.29 is 4.74 Å². The molecule has 0 saturated carbocycles. The molecule has 0 aliphatic carbocycles. The Morgan fingerprint density at radius 3 is 2.74 bits per heavy atom. The van der Waals surface area contributed by atoms with E-state index in [0.29, 0.717) is 17.7 Å². The number of hydrogen-bond acceptors (Lipinski definition) is 2. The van der Waals surface area contributed by atoms with Crippen molar-refractivity contribution in [1.29, 1.82) is 0 Å². The minimum atomic E-state index is -0.0730. The number of rotatable bonds is 3. The number of H-pyrrole nitrogens is 1. The highest BCUT2D eigenvalue weighted by molar-refractivity contribution is 5.88. The van der Waals surface area contributed by atoms with E-state index in [1.807, 2.05) is 45.0 Å². The van der Waals surface area contributed by atoms with E-state index in [2.05, 4.69) is 4.98 Å². The fourth-order valence-electron chi connectivity index (χ4n) is 2.20. The van der Waals surface area contributed by atoms with Crippen molar-refractivity contribution >= 4 is 10.9 Å². The number of pyridine rings is 1. The molecule has 0 atom stereocenters. The third-order valence-electron chi connectivity index (χ3n) is 3.22. The van der Waals surface area contributed by atoms with E-state index in [1.54, 1.807) is 7.11 Å². The molecule has 0 fully saturated rings. The molecule has 0 radical (unpaired) electrons. The Labute approximate surface area is 112 Å². The van der Waals surface area contributed by atoms with Crippen molar-refractivity contribution in [3.63, 3.8) is 0 Å². The fourth-order valence-corrected chi connectivity index (χ4v) is 2.20. The predicted molar refractivity (Wildman–Crippen MR) is 79.0 cm³/mol. The molecular weight excluding hydrogens is 238 g/mol. The van der Waals surface area contributed by atoms with Gasteiger partial charge in [0.15, 0.2) is 0 Å². The van der Waals surface area contributed by atoms with Crippen molar-refractivity contribution in [2.24, 2.45) is 0 Å². The molecule has 1 heterocycles. The van der Waals surface area contributed by atoms with Crippen LogP contribution in [0.25, 0.3) is 10.9 Å². The number of methoxy groups -OCH3 is 1. The van der Waals surface area contributed by atoms with Gasteiger partial charge in [0, 0.05) is 5.39 Å². The summed E-state index contributed by atoms with van der Waals surface area (Å²) in [6, 6.07) is 5.93. The first-order valence-electron chi connectivity index (χ1n) is 6.36. The lowest BCUT2D eigenvalue weighted by molar-refractivity contribution is 0.414. The predicted octanol–water partition coefficient (Wildman–Crippen LogP) is 3.35. The van der Waals surface area contributed by atoms with E-state index in [9.17, 15) is 4.79 Å². The van der Waals surface area contributed by atoms with Crippen LogP contribution in [0.3, 0.4) is 0 Å². The van der Waals surface area contributed by atoms with Crippen LogP contribution in [0, 0.1) is 6.92 Å². The third-order valence-corrected chi connectivity index (χ3v) is 3.22. The van der Waals surface area contributed by atoms with Gasteiger partial charge in [0.2, 0.25) is 0 Å². The summed E-state index contributed by atoms with van der Waals surface area (Å²) in [6.45, 7) is 6.02. The number of ether oxygens (including phenoxy) is 1. The second-order valence-electron chi connectivity index (χ2n) is 4.95. The van der Waals surface area contributed by atoms with E-state index >= 15 is 0 Å². The van der Waals surface area contributed by atoms with Crippen molar-refractivity contribution in [1.82, 2.24) is 4.98 Å².